The number of imidazole rings is 1. The summed E-state index contributed by atoms with van der Waals surface area (Å²) in [6.45, 7) is 1.96. The summed E-state index contributed by atoms with van der Waals surface area (Å²) >= 11 is 6.27. The molecule has 0 aliphatic rings. The molecule has 21 heavy (non-hydrogen) atoms. The van der Waals surface area contributed by atoms with Gasteiger partial charge >= 0.3 is 0 Å². The summed E-state index contributed by atoms with van der Waals surface area (Å²) in [7, 11) is 0. The van der Waals surface area contributed by atoms with E-state index in [9.17, 15) is 5.26 Å². The van der Waals surface area contributed by atoms with E-state index >= 15 is 0 Å². The van der Waals surface area contributed by atoms with Crippen LogP contribution in [0.1, 0.15) is 36.3 Å². The zero-order chi connectivity index (χ0) is 15.4. The summed E-state index contributed by atoms with van der Waals surface area (Å²) in [6.07, 6.45) is 2.17. The Hall–Kier alpha value is -2.34. The Kier molecular flexibility index (Phi) is 4.59. The first-order valence-corrected chi connectivity index (χ1v) is 6.88. The number of aromatic nitrogens is 2. The second-order valence-corrected chi connectivity index (χ2v) is 5.02. The van der Waals surface area contributed by atoms with Crippen molar-refractivity contribution in [2.45, 2.75) is 25.4 Å². The minimum Gasteiger partial charge on any atom is -0.326 e. The van der Waals surface area contributed by atoms with Crippen molar-refractivity contribution in [3.05, 3.63) is 52.6 Å². The van der Waals surface area contributed by atoms with Gasteiger partial charge in [0, 0.05) is 11.1 Å². The molecule has 0 amide bonds. The van der Waals surface area contributed by atoms with Gasteiger partial charge in [-0.1, -0.05) is 36.7 Å². The maximum Gasteiger partial charge on any atom is 0.176 e. The van der Waals surface area contributed by atoms with Crippen LogP contribution in [0.25, 0.3) is 0 Å². The van der Waals surface area contributed by atoms with Crippen LogP contribution in [-0.4, -0.2) is 15.6 Å². The second kappa shape index (κ2) is 6.41. The Balaban J connectivity index is 2.64. The molecule has 106 valence electrons. The van der Waals surface area contributed by atoms with Crippen LogP contribution in [-0.2, 0) is 0 Å². The second-order valence-electron chi connectivity index (χ2n) is 4.61. The van der Waals surface area contributed by atoms with Gasteiger partial charge in [0.1, 0.15) is 12.1 Å². The highest BCUT2D eigenvalue weighted by Gasteiger charge is 2.26. The summed E-state index contributed by atoms with van der Waals surface area (Å²) in [5.41, 5.74) is 7.33. The minimum atomic E-state index is -0.340. The Labute approximate surface area is 128 Å². The van der Waals surface area contributed by atoms with Crippen molar-refractivity contribution < 1.29 is 0 Å². The van der Waals surface area contributed by atoms with Crippen LogP contribution in [0.5, 0.6) is 0 Å². The van der Waals surface area contributed by atoms with Crippen LogP contribution in [0, 0.1) is 22.7 Å². The van der Waals surface area contributed by atoms with E-state index in [1.54, 1.807) is 10.6 Å². The topological polar surface area (TPSA) is 91.4 Å². The van der Waals surface area contributed by atoms with E-state index in [1.165, 1.54) is 6.33 Å². The first-order chi connectivity index (χ1) is 10.1. The molecule has 1 aromatic carbocycles. The molecule has 2 rings (SSSR count). The van der Waals surface area contributed by atoms with Crippen molar-refractivity contribution in [3.63, 3.8) is 0 Å². The summed E-state index contributed by atoms with van der Waals surface area (Å²) < 4.78 is 1.63. The van der Waals surface area contributed by atoms with Crippen molar-refractivity contribution in [1.29, 1.82) is 10.5 Å². The molecule has 0 bridgehead atoms. The monoisotopic (exact) mass is 299 g/mol. The number of benzene rings is 1. The molecular formula is C15H14ClN5. The highest BCUT2D eigenvalue weighted by Crippen LogP contribution is 2.30. The largest absolute Gasteiger partial charge is 0.326 e. The van der Waals surface area contributed by atoms with Gasteiger partial charge in [-0.05, 0) is 18.1 Å². The Morgan fingerprint density at radius 1 is 1.33 bits per heavy atom. The standard InChI is InChI=1S/C15H14ClN5/c1-2-12(19)15(10-5-3-4-6-11(10)16)21-9-20-13(7-17)14(21)8-18/h3-6,9,12,15H,2,19H2,1H3. The van der Waals surface area contributed by atoms with Gasteiger partial charge in [0.25, 0.3) is 0 Å². The SMILES string of the molecule is CCC(N)C(c1ccccc1Cl)n1cnc(C#N)c1C#N. The predicted octanol–water partition coefficient (Wildman–Crippen LogP) is 2.61. The fraction of sp³-hybridized carbons (Fsp3) is 0.267. The molecule has 6 heteroatoms. The van der Waals surface area contributed by atoms with Crippen LogP contribution >= 0.6 is 11.6 Å². The fourth-order valence-electron chi connectivity index (χ4n) is 2.29. The molecular weight excluding hydrogens is 286 g/mol. The predicted molar refractivity (Wildman–Crippen MR) is 79.5 cm³/mol. The minimum absolute atomic E-state index is 0.0952. The van der Waals surface area contributed by atoms with Crippen molar-refractivity contribution in [3.8, 4) is 12.1 Å². The zero-order valence-corrected chi connectivity index (χ0v) is 12.2. The number of nitrogens with zero attached hydrogens (tertiary/aromatic N) is 4. The fourth-order valence-corrected chi connectivity index (χ4v) is 2.54. The molecule has 0 aliphatic heterocycles. The van der Waals surface area contributed by atoms with Crippen LogP contribution < -0.4 is 5.73 Å². The van der Waals surface area contributed by atoms with Crippen molar-refractivity contribution >= 4 is 11.6 Å². The number of rotatable bonds is 4. The third-order valence-corrected chi connectivity index (χ3v) is 3.75. The summed E-state index contributed by atoms with van der Waals surface area (Å²) in [5, 5.41) is 18.9. The summed E-state index contributed by atoms with van der Waals surface area (Å²) in [4.78, 5) is 3.98. The molecule has 2 aromatic rings. The van der Waals surface area contributed by atoms with E-state index in [2.05, 4.69) is 4.98 Å². The molecule has 0 spiro atoms. The van der Waals surface area contributed by atoms with Crippen LogP contribution in [0.3, 0.4) is 0 Å². The van der Waals surface area contributed by atoms with Crippen LogP contribution in [0.2, 0.25) is 5.02 Å². The maximum absolute atomic E-state index is 9.30. The number of hydrogen-bond donors (Lipinski definition) is 1. The van der Waals surface area contributed by atoms with E-state index in [1.807, 2.05) is 37.3 Å². The first kappa shape index (κ1) is 15.1. The molecule has 2 unspecified atom stereocenters. The lowest BCUT2D eigenvalue weighted by Crippen LogP contribution is -2.33. The van der Waals surface area contributed by atoms with Crippen molar-refractivity contribution in [2.24, 2.45) is 5.73 Å². The van der Waals surface area contributed by atoms with Crippen molar-refractivity contribution in [2.75, 3.05) is 0 Å². The number of nitrogens with two attached hydrogens (primary N) is 1. The first-order valence-electron chi connectivity index (χ1n) is 6.51. The third kappa shape index (κ3) is 2.75. The lowest BCUT2D eigenvalue weighted by molar-refractivity contribution is 0.456. The van der Waals surface area contributed by atoms with Crippen molar-refractivity contribution in [1.82, 2.24) is 9.55 Å². The van der Waals surface area contributed by atoms with Gasteiger partial charge in [-0.25, -0.2) is 4.98 Å². The van der Waals surface area contributed by atoms with Gasteiger partial charge in [0.2, 0.25) is 0 Å². The lowest BCUT2D eigenvalue weighted by atomic mass is 9.97. The Bertz CT molecular complexity index is 722. The molecule has 0 fully saturated rings. The molecule has 2 N–H and O–H groups in total. The van der Waals surface area contributed by atoms with E-state index in [-0.39, 0.29) is 23.5 Å². The van der Waals surface area contributed by atoms with Gasteiger partial charge in [0.15, 0.2) is 11.4 Å². The normalized spacial score (nSPS) is 13.2. The molecule has 0 saturated carbocycles. The molecule has 0 aliphatic carbocycles. The van der Waals surface area contributed by atoms with Gasteiger partial charge < -0.3 is 10.3 Å². The van der Waals surface area contributed by atoms with E-state index in [0.717, 1.165) is 5.56 Å². The number of halogens is 1. The summed E-state index contributed by atoms with van der Waals surface area (Å²) in [5.74, 6) is 0. The zero-order valence-electron chi connectivity index (χ0n) is 11.5. The highest BCUT2D eigenvalue weighted by atomic mass is 35.5. The maximum atomic E-state index is 9.30. The Morgan fingerprint density at radius 3 is 2.62 bits per heavy atom. The lowest BCUT2D eigenvalue weighted by Gasteiger charge is -2.26. The molecule has 0 saturated heterocycles. The van der Waals surface area contributed by atoms with E-state index < -0.39 is 0 Å². The molecule has 0 radical (unpaired) electrons. The number of nitriles is 2. The van der Waals surface area contributed by atoms with Gasteiger partial charge in [0.05, 0.1) is 12.4 Å². The average Bonchev–Trinajstić information content (AvgIpc) is 2.91. The van der Waals surface area contributed by atoms with Gasteiger partial charge in [-0.3, -0.25) is 0 Å². The van der Waals surface area contributed by atoms with E-state index in [0.29, 0.717) is 11.4 Å². The quantitative estimate of drug-likeness (QED) is 0.939. The van der Waals surface area contributed by atoms with E-state index in [4.69, 9.17) is 22.6 Å². The molecule has 2 atom stereocenters. The molecule has 5 nitrogen and oxygen atoms in total. The summed E-state index contributed by atoms with van der Waals surface area (Å²) in [6, 6.07) is 10.7. The van der Waals surface area contributed by atoms with Gasteiger partial charge in [-0.2, -0.15) is 10.5 Å². The smallest absolute Gasteiger partial charge is 0.176 e. The Morgan fingerprint density at radius 2 is 2.05 bits per heavy atom. The van der Waals surface area contributed by atoms with Gasteiger partial charge in [-0.15, -0.1) is 0 Å². The molecule has 1 heterocycles. The number of hydrogen-bond acceptors (Lipinski definition) is 4. The van der Waals surface area contributed by atoms with Crippen LogP contribution in [0.4, 0.5) is 0 Å². The van der Waals surface area contributed by atoms with Crippen LogP contribution in [0.15, 0.2) is 30.6 Å². The third-order valence-electron chi connectivity index (χ3n) is 3.41. The highest BCUT2D eigenvalue weighted by molar-refractivity contribution is 6.31. The molecule has 1 aromatic heterocycles. The average molecular weight is 300 g/mol.